The summed E-state index contributed by atoms with van der Waals surface area (Å²) < 4.78 is 10.5. The highest BCUT2D eigenvalue weighted by Gasteiger charge is 2.17. The van der Waals surface area contributed by atoms with Gasteiger partial charge in [-0.25, -0.2) is 4.79 Å². The number of rotatable bonds is 4. The third-order valence-corrected chi connectivity index (χ3v) is 2.07. The third kappa shape index (κ3) is 4.16. The molecule has 1 aromatic carbocycles. The maximum absolute atomic E-state index is 11.5. The predicted molar refractivity (Wildman–Crippen MR) is 71.7 cm³/mol. The largest absolute Gasteiger partial charge is 0.480 e. The summed E-state index contributed by atoms with van der Waals surface area (Å²) in [6.07, 6.45) is 0. The van der Waals surface area contributed by atoms with Crippen LogP contribution in [0.25, 0.3) is 0 Å². The first kappa shape index (κ1) is 14.2. The first-order valence-electron chi connectivity index (χ1n) is 5.74. The number of nitrogens with two attached hydrogens (primary N) is 1. The second-order valence-electron chi connectivity index (χ2n) is 4.85. The zero-order chi connectivity index (χ0) is 13.8. The van der Waals surface area contributed by atoms with Gasteiger partial charge in [0.15, 0.2) is 6.61 Å². The Morgan fingerprint density at radius 1 is 1.39 bits per heavy atom. The molecule has 0 aliphatic carbocycles. The molecular weight excluding hydrogens is 232 g/mol. The highest BCUT2D eigenvalue weighted by atomic mass is 16.6. The molecule has 5 nitrogen and oxygen atoms in total. The average Bonchev–Trinajstić information content (AvgIpc) is 2.24. The van der Waals surface area contributed by atoms with Crippen LogP contribution in [-0.2, 0) is 9.53 Å². The number of carbonyl (C=O) groups is 1. The molecule has 0 aromatic heterocycles. The fourth-order valence-corrected chi connectivity index (χ4v) is 1.44. The average molecular weight is 252 g/mol. The van der Waals surface area contributed by atoms with E-state index in [4.69, 9.17) is 15.2 Å². The van der Waals surface area contributed by atoms with Crippen LogP contribution in [0.2, 0.25) is 0 Å². The van der Waals surface area contributed by atoms with Crippen molar-refractivity contribution in [1.29, 1.82) is 0 Å². The van der Waals surface area contributed by atoms with Crippen LogP contribution in [-0.4, -0.2) is 25.2 Å². The van der Waals surface area contributed by atoms with E-state index < -0.39 is 11.6 Å². The van der Waals surface area contributed by atoms with Gasteiger partial charge in [-0.05, 0) is 32.9 Å². The van der Waals surface area contributed by atoms with Gasteiger partial charge in [-0.15, -0.1) is 0 Å². The molecule has 0 bridgehead atoms. The molecule has 100 valence electrons. The van der Waals surface area contributed by atoms with Crippen LogP contribution in [0.1, 0.15) is 20.8 Å². The molecular formula is C13H20N2O3. The SMILES string of the molecule is CNc1c(N)cccc1OCC(=O)OC(C)(C)C. The molecule has 1 rings (SSSR count). The van der Waals surface area contributed by atoms with Crippen LogP contribution < -0.4 is 15.8 Å². The van der Waals surface area contributed by atoms with E-state index >= 15 is 0 Å². The summed E-state index contributed by atoms with van der Waals surface area (Å²) in [6, 6.07) is 5.26. The van der Waals surface area contributed by atoms with Crippen molar-refractivity contribution in [1.82, 2.24) is 0 Å². The first-order chi connectivity index (χ1) is 8.33. The molecule has 0 radical (unpaired) electrons. The molecule has 0 aliphatic heterocycles. The number of nitrogen functional groups attached to an aromatic ring is 1. The lowest BCUT2D eigenvalue weighted by Crippen LogP contribution is -2.27. The number of ether oxygens (including phenoxy) is 2. The maximum Gasteiger partial charge on any atom is 0.344 e. The minimum Gasteiger partial charge on any atom is -0.480 e. The van der Waals surface area contributed by atoms with Crippen LogP contribution in [0.15, 0.2) is 18.2 Å². The van der Waals surface area contributed by atoms with E-state index in [1.54, 1.807) is 25.2 Å². The van der Waals surface area contributed by atoms with Crippen LogP contribution in [0.4, 0.5) is 11.4 Å². The zero-order valence-electron chi connectivity index (χ0n) is 11.2. The molecule has 0 saturated heterocycles. The molecule has 3 N–H and O–H groups in total. The van der Waals surface area contributed by atoms with Gasteiger partial charge in [0.1, 0.15) is 11.4 Å². The number of hydrogen-bond donors (Lipinski definition) is 2. The Bertz CT molecular complexity index is 425. The molecule has 0 atom stereocenters. The topological polar surface area (TPSA) is 73.6 Å². The maximum atomic E-state index is 11.5. The van der Waals surface area contributed by atoms with E-state index in [0.717, 1.165) is 0 Å². The smallest absolute Gasteiger partial charge is 0.344 e. The molecule has 0 fully saturated rings. The Kier molecular flexibility index (Phi) is 4.42. The van der Waals surface area contributed by atoms with Gasteiger partial charge in [-0.1, -0.05) is 6.07 Å². The number of anilines is 2. The number of para-hydroxylation sites is 1. The highest BCUT2D eigenvalue weighted by Crippen LogP contribution is 2.29. The van der Waals surface area contributed by atoms with E-state index in [-0.39, 0.29) is 6.61 Å². The van der Waals surface area contributed by atoms with Crippen molar-refractivity contribution in [3.05, 3.63) is 18.2 Å². The van der Waals surface area contributed by atoms with Crippen molar-refractivity contribution < 1.29 is 14.3 Å². The lowest BCUT2D eigenvalue weighted by molar-refractivity contribution is -0.157. The van der Waals surface area contributed by atoms with Crippen molar-refractivity contribution in [2.75, 3.05) is 24.7 Å². The van der Waals surface area contributed by atoms with Crippen LogP contribution in [0, 0.1) is 0 Å². The molecule has 0 amide bonds. The van der Waals surface area contributed by atoms with Crippen LogP contribution in [0.5, 0.6) is 5.75 Å². The number of nitrogens with one attached hydrogen (secondary N) is 1. The Hall–Kier alpha value is -1.91. The van der Waals surface area contributed by atoms with Gasteiger partial charge in [0.25, 0.3) is 0 Å². The summed E-state index contributed by atoms with van der Waals surface area (Å²) in [7, 11) is 1.74. The standard InChI is InChI=1S/C13H20N2O3/c1-13(2,3)18-11(16)8-17-10-7-5-6-9(14)12(10)15-4/h5-7,15H,8,14H2,1-4H3. The Morgan fingerprint density at radius 3 is 2.61 bits per heavy atom. The van der Waals surface area contributed by atoms with E-state index in [1.807, 2.05) is 20.8 Å². The molecule has 0 saturated carbocycles. The number of hydrogen-bond acceptors (Lipinski definition) is 5. The summed E-state index contributed by atoms with van der Waals surface area (Å²) in [5.41, 5.74) is 6.51. The van der Waals surface area contributed by atoms with Gasteiger partial charge in [0.2, 0.25) is 0 Å². The van der Waals surface area contributed by atoms with Crippen molar-refractivity contribution >= 4 is 17.3 Å². The number of carbonyl (C=O) groups excluding carboxylic acids is 1. The van der Waals surface area contributed by atoms with Gasteiger partial charge < -0.3 is 20.5 Å². The second-order valence-corrected chi connectivity index (χ2v) is 4.85. The monoisotopic (exact) mass is 252 g/mol. The minimum atomic E-state index is -0.512. The lowest BCUT2D eigenvalue weighted by Gasteiger charge is -2.20. The van der Waals surface area contributed by atoms with Gasteiger partial charge >= 0.3 is 5.97 Å². The van der Waals surface area contributed by atoms with Crippen molar-refractivity contribution in [2.45, 2.75) is 26.4 Å². The number of benzene rings is 1. The Balaban J connectivity index is 2.64. The fraction of sp³-hybridized carbons (Fsp3) is 0.462. The Morgan fingerprint density at radius 2 is 2.06 bits per heavy atom. The molecule has 0 spiro atoms. The third-order valence-electron chi connectivity index (χ3n) is 2.07. The molecule has 0 aliphatic rings. The summed E-state index contributed by atoms with van der Waals surface area (Å²) in [6.45, 7) is 5.29. The Labute approximate surface area is 107 Å². The van der Waals surface area contributed by atoms with E-state index in [9.17, 15) is 4.79 Å². The lowest BCUT2D eigenvalue weighted by atomic mass is 10.2. The predicted octanol–water partition coefficient (Wildman–Crippen LogP) is 2.03. The molecule has 0 unspecified atom stereocenters. The van der Waals surface area contributed by atoms with Gasteiger partial charge in [0, 0.05) is 7.05 Å². The summed E-state index contributed by atoms with van der Waals surface area (Å²) in [4.78, 5) is 11.5. The quantitative estimate of drug-likeness (QED) is 0.633. The summed E-state index contributed by atoms with van der Waals surface area (Å²) >= 11 is 0. The zero-order valence-corrected chi connectivity index (χ0v) is 11.2. The van der Waals surface area contributed by atoms with E-state index in [0.29, 0.717) is 17.1 Å². The van der Waals surface area contributed by atoms with Crippen molar-refractivity contribution in [3.8, 4) is 5.75 Å². The normalized spacial score (nSPS) is 10.9. The number of esters is 1. The van der Waals surface area contributed by atoms with Crippen LogP contribution in [0.3, 0.4) is 0 Å². The molecule has 18 heavy (non-hydrogen) atoms. The van der Waals surface area contributed by atoms with Crippen molar-refractivity contribution in [3.63, 3.8) is 0 Å². The van der Waals surface area contributed by atoms with Gasteiger partial charge in [0.05, 0.1) is 11.4 Å². The van der Waals surface area contributed by atoms with E-state index in [2.05, 4.69) is 5.32 Å². The fourth-order valence-electron chi connectivity index (χ4n) is 1.44. The molecule has 1 aromatic rings. The summed E-state index contributed by atoms with van der Waals surface area (Å²) in [5.74, 6) is 0.121. The molecule has 5 heteroatoms. The minimum absolute atomic E-state index is 0.143. The van der Waals surface area contributed by atoms with E-state index in [1.165, 1.54) is 0 Å². The van der Waals surface area contributed by atoms with Crippen LogP contribution >= 0.6 is 0 Å². The van der Waals surface area contributed by atoms with Gasteiger partial charge in [-0.2, -0.15) is 0 Å². The van der Waals surface area contributed by atoms with Gasteiger partial charge in [-0.3, -0.25) is 0 Å². The summed E-state index contributed by atoms with van der Waals surface area (Å²) in [5, 5.41) is 2.93. The van der Waals surface area contributed by atoms with Crippen molar-refractivity contribution in [2.24, 2.45) is 0 Å². The first-order valence-corrected chi connectivity index (χ1v) is 5.74. The highest BCUT2D eigenvalue weighted by molar-refractivity contribution is 5.75. The second kappa shape index (κ2) is 5.62. The molecule has 0 heterocycles.